The highest BCUT2D eigenvalue weighted by molar-refractivity contribution is 14.0. The molecule has 2 rings (SSSR count). The van der Waals surface area contributed by atoms with Crippen molar-refractivity contribution < 1.29 is 27.4 Å². The number of rotatable bonds is 12. The Morgan fingerprint density at radius 1 is 1.20 bits per heavy atom. The summed E-state index contributed by atoms with van der Waals surface area (Å²) >= 11 is 0. The maximum absolute atomic E-state index is 12.8. The minimum absolute atomic E-state index is 0. The molecule has 0 atom stereocenters. The number of halogens is 3. The fourth-order valence-electron chi connectivity index (χ4n) is 2.54. The van der Waals surface area contributed by atoms with E-state index in [4.69, 9.17) is 13.9 Å². The van der Waals surface area contributed by atoms with Gasteiger partial charge in [0, 0.05) is 32.3 Å². The fourth-order valence-corrected chi connectivity index (χ4v) is 2.54. The molecule has 0 saturated heterocycles. The second-order valence-electron chi connectivity index (χ2n) is 5.89. The number of guanidine groups is 1. The van der Waals surface area contributed by atoms with Gasteiger partial charge in [0.25, 0.3) is 0 Å². The van der Waals surface area contributed by atoms with Gasteiger partial charge in [0.1, 0.15) is 12.4 Å². The zero-order valence-electron chi connectivity index (χ0n) is 17.0. The molecule has 30 heavy (non-hydrogen) atoms. The van der Waals surface area contributed by atoms with Gasteiger partial charge in [-0.1, -0.05) is 12.1 Å². The van der Waals surface area contributed by atoms with E-state index in [0.717, 1.165) is 12.2 Å². The van der Waals surface area contributed by atoms with Crippen molar-refractivity contribution in [1.82, 2.24) is 10.6 Å². The van der Waals surface area contributed by atoms with Crippen LogP contribution in [0.25, 0.3) is 0 Å². The first kappa shape index (κ1) is 26.0. The molecular formula is C20H28F2IN3O4. The van der Waals surface area contributed by atoms with Gasteiger partial charge in [-0.15, -0.1) is 24.0 Å². The molecule has 0 spiro atoms. The number of hydrogen-bond acceptors (Lipinski definition) is 5. The number of benzene rings is 1. The van der Waals surface area contributed by atoms with E-state index in [9.17, 15) is 8.78 Å². The van der Waals surface area contributed by atoms with Gasteiger partial charge in [0.05, 0.1) is 12.9 Å². The number of aliphatic imine (C=N–C) groups is 1. The highest BCUT2D eigenvalue weighted by Crippen LogP contribution is 2.32. The van der Waals surface area contributed by atoms with Crippen molar-refractivity contribution in [3.05, 3.63) is 47.9 Å². The summed E-state index contributed by atoms with van der Waals surface area (Å²) in [5.41, 5.74) is 0.543. The van der Waals surface area contributed by atoms with Crippen LogP contribution in [0.3, 0.4) is 0 Å². The Labute approximate surface area is 192 Å². The molecule has 0 fully saturated rings. The van der Waals surface area contributed by atoms with Crippen LogP contribution < -0.4 is 20.1 Å². The summed E-state index contributed by atoms with van der Waals surface area (Å²) in [6.07, 6.45) is 2.37. The number of hydrogen-bond donors (Lipinski definition) is 2. The molecule has 0 aliphatic rings. The third-order valence-corrected chi connectivity index (χ3v) is 3.82. The van der Waals surface area contributed by atoms with Crippen molar-refractivity contribution in [2.75, 3.05) is 26.8 Å². The molecule has 1 heterocycles. The summed E-state index contributed by atoms with van der Waals surface area (Å²) in [6, 6.07) is 8.70. The van der Waals surface area contributed by atoms with E-state index in [1.54, 1.807) is 38.4 Å². The first-order valence-electron chi connectivity index (χ1n) is 9.38. The maximum atomic E-state index is 12.8. The van der Waals surface area contributed by atoms with Crippen molar-refractivity contribution in [2.24, 2.45) is 4.99 Å². The lowest BCUT2D eigenvalue weighted by Gasteiger charge is -2.17. The standard InChI is InChI=1S/C20H27F2N3O4.HI/c1-3-27-17-9-4-7-15(18(17)29-19(21)22)13-25-20(23-2)24-10-6-11-26-14-16-8-5-12-28-16;/h4-5,7-9,12,19H,3,6,10-11,13-14H2,1-2H3,(H2,23,24,25);1H. The van der Waals surface area contributed by atoms with Gasteiger partial charge in [0.2, 0.25) is 0 Å². The van der Waals surface area contributed by atoms with Gasteiger partial charge in [-0.05, 0) is 31.5 Å². The molecule has 2 aromatic rings. The predicted molar refractivity (Wildman–Crippen MR) is 121 cm³/mol. The smallest absolute Gasteiger partial charge is 0.387 e. The fraction of sp³-hybridized carbons (Fsp3) is 0.450. The van der Waals surface area contributed by atoms with Crippen LogP contribution in [0, 0.1) is 0 Å². The molecule has 1 aromatic heterocycles. The molecular weight excluding hydrogens is 511 g/mol. The normalized spacial score (nSPS) is 11.2. The van der Waals surface area contributed by atoms with Crippen molar-refractivity contribution in [3.63, 3.8) is 0 Å². The molecule has 0 radical (unpaired) electrons. The molecule has 0 saturated carbocycles. The minimum atomic E-state index is -2.94. The Morgan fingerprint density at radius 3 is 2.70 bits per heavy atom. The molecule has 1 aromatic carbocycles. The van der Waals surface area contributed by atoms with Crippen LogP contribution >= 0.6 is 24.0 Å². The highest BCUT2D eigenvalue weighted by atomic mass is 127. The SMILES string of the molecule is CCOc1cccc(CNC(=NC)NCCCOCc2ccco2)c1OC(F)F.I. The number of para-hydroxylation sites is 1. The number of alkyl halides is 2. The second-order valence-corrected chi connectivity index (χ2v) is 5.89. The minimum Gasteiger partial charge on any atom is -0.490 e. The molecule has 10 heteroatoms. The number of nitrogens with zero attached hydrogens (tertiary/aromatic N) is 1. The lowest BCUT2D eigenvalue weighted by atomic mass is 10.2. The van der Waals surface area contributed by atoms with Gasteiger partial charge < -0.3 is 29.3 Å². The van der Waals surface area contributed by atoms with E-state index in [1.807, 2.05) is 12.1 Å². The van der Waals surface area contributed by atoms with E-state index in [-0.39, 0.29) is 42.0 Å². The monoisotopic (exact) mass is 539 g/mol. The summed E-state index contributed by atoms with van der Waals surface area (Å²) in [4.78, 5) is 4.13. The van der Waals surface area contributed by atoms with Crippen LogP contribution in [-0.4, -0.2) is 39.4 Å². The number of furan rings is 1. The van der Waals surface area contributed by atoms with Crippen LogP contribution in [0.2, 0.25) is 0 Å². The van der Waals surface area contributed by atoms with Gasteiger partial charge in [0.15, 0.2) is 17.5 Å². The van der Waals surface area contributed by atoms with Crippen LogP contribution in [0.5, 0.6) is 11.5 Å². The Bertz CT molecular complexity index is 746. The van der Waals surface area contributed by atoms with E-state index in [2.05, 4.69) is 20.4 Å². The van der Waals surface area contributed by atoms with Crippen LogP contribution in [-0.2, 0) is 17.9 Å². The van der Waals surface area contributed by atoms with Crippen molar-refractivity contribution >= 4 is 29.9 Å². The molecule has 0 unspecified atom stereocenters. The first-order chi connectivity index (χ1) is 14.1. The molecule has 0 amide bonds. The van der Waals surface area contributed by atoms with Crippen molar-refractivity contribution in [1.29, 1.82) is 0 Å². The Morgan fingerprint density at radius 2 is 2.03 bits per heavy atom. The molecule has 0 aliphatic carbocycles. The maximum Gasteiger partial charge on any atom is 0.387 e. The third-order valence-electron chi connectivity index (χ3n) is 3.82. The second kappa shape index (κ2) is 14.8. The average Bonchev–Trinajstić information content (AvgIpc) is 3.22. The summed E-state index contributed by atoms with van der Waals surface area (Å²) in [5.74, 6) is 1.63. The summed E-state index contributed by atoms with van der Waals surface area (Å²) < 4.78 is 46.3. The largest absolute Gasteiger partial charge is 0.490 e. The number of ether oxygens (including phenoxy) is 3. The van der Waals surface area contributed by atoms with E-state index in [0.29, 0.717) is 37.9 Å². The van der Waals surface area contributed by atoms with Gasteiger partial charge in [-0.3, -0.25) is 4.99 Å². The first-order valence-corrected chi connectivity index (χ1v) is 9.38. The zero-order chi connectivity index (χ0) is 20.9. The van der Waals surface area contributed by atoms with Gasteiger partial charge in [-0.25, -0.2) is 0 Å². The highest BCUT2D eigenvalue weighted by Gasteiger charge is 2.16. The lowest BCUT2D eigenvalue weighted by molar-refractivity contribution is -0.0520. The van der Waals surface area contributed by atoms with E-state index >= 15 is 0 Å². The van der Waals surface area contributed by atoms with Gasteiger partial charge in [-0.2, -0.15) is 8.78 Å². The van der Waals surface area contributed by atoms with Crippen LogP contribution in [0.1, 0.15) is 24.7 Å². The molecule has 0 bridgehead atoms. The zero-order valence-corrected chi connectivity index (χ0v) is 19.4. The Hall–Kier alpha value is -2.08. The summed E-state index contributed by atoms with van der Waals surface area (Å²) in [7, 11) is 1.63. The number of nitrogens with one attached hydrogen (secondary N) is 2. The Balaban J connectivity index is 0.00000450. The van der Waals surface area contributed by atoms with Crippen molar-refractivity contribution in [3.8, 4) is 11.5 Å². The predicted octanol–water partition coefficient (Wildman–Crippen LogP) is 4.17. The quantitative estimate of drug-likeness (QED) is 0.183. The lowest BCUT2D eigenvalue weighted by Crippen LogP contribution is -2.37. The third kappa shape index (κ3) is 9.16. The molecule has 2 N–H and O–H groups in total. The topological polar surface area (TPSA) is 77.2 Å². The van der Waals surface area contributed by atoms with Crippen LogP contribution in [0.4, 0.5) is 8.78 Å². The summed E-state index contributed by atoms with van der Waals surface area (Å²) in [6.45, 7) is 1.07. The summed E-state index contributed by atoms with van der Waals surface area (Å²) in [5, 5.41) is 6.23. The molecule has 0 aliphatic heterocycles. The molecule has 168 valence electrons. The average molecular weight is 539 g/mol. The Kier molecular flexibility index (Phi) is 12.8. The van der Waals surface area contributed by atoms with E-state index in [1.165, 1.54) is 0 Å². The van der Waals surface area contributed by atoms with Crippen molar-refractivity contribution in [2.45, 2.75) is 33.1 Å². The molecule has 7 nitrogen and oxygen atoms in total. The van der Waals surface area contributed by atoms with Crippen LogP contribution in [0.15, 0.2) is 46.0 Å². The van der Waals surface area contributed by atoms with E-state index < -0.39 is 6.61 Å². The van der Waals surface area contributed by atoms with Gasteiger partial charge >= 0.3 is 6.61 Å².